The summed E-state index contributed by atoms with van der Waals surface area (Å²) in [7, 11) is 2.14. The summed E-state index contributed by atoms with van der Waals surface area (Å²) in [4.78, 5) is 2.30. The Morgan fingerprint density at radius 2 is 1.81 bits per heavy atom. The molecule has 0 radical (unpaired) electrons. The van der Waals surface area contributed by atoms with Crippen LogP contribution in [0.1, 0.15) is 44.9 Å². The van der Waals surface area contributed by atoms with E-state index in [4.69, 9.17) is 0 Å². The van der Waals surface area contributed by atoms with Crippen LogP contribution in [0.4, 0.5) is 10.1 Å². The highest BCUT2D eigenvalue weighted by Gasteiger charge is 2.35. The molecule has 0 aliphatic heterocycles. The first-order valence-corrected chi connectivity index (χ1v) is 8.37. The van der Waals surface area contributed by atoms with E-state index >= 15 is 0 Å². The lowest BCUT2D eigenvalue weighted by Crippen LogP contribution is -2.45. The number of anilines is 1. The SMILES string of the molecule is CN(CC1(CNC2CC2)CCCCC1)c1ccc(F)cc1. The molecule has 2 aliphatic carbocycles. The Labute approximate surface area is 127 Å². The van der Waals surface area contributed by atoms with Gasteiger partial charge in [-0.15, -0.1) is 0 Å². The van der Waals surface area contributed by atoms with Crippen molar-refractivity contribution in [1.29, 1.82) is 0 Å². The van der Waals surface area contributed by atoms with Crippen LogP contribution in [0.25, 0.3) is 0 Å². The highest BCUT2D eigenvalue weighted by molar-refractivity contribution is 5.45. The topological polar surface area (TPSA) is 15.3 Å². The summed E-state index contributed by atoms with van der Waals surface area (Å²) in [5.74, 6) is -0.157. The summed E-state index contributed by atoms with van der Waals surface area (Å²) in [6.45, 7) is 2.21. The quantitative estimate of drug-likeness (QED) is 0.853. The van der Waals surface area contributed by atoms with Gasteiger partial charge in [0.05, 0.1) is 0 Å². The van der Waals surface area contributed by atoms with Crippen LogP contribution >= 0.6 is 0 Å². The lowest BCUT2D eigenvalue weighted by atomic mass is 9.73. The van der Waals surface area contributed by atoms with Gasteiger partial charge in [0.1, 0.15) is 5.82 Å². The lowest BCUT2D eigenvalue weighted by molar-refractivity contribution is 0.188. The summed E-state index contributed by atoms with van der Waals surface area (Å²) in [5.41, 5.74) is 1.51. The van der Waals surface area contributed by atoms with Crippen LogP contribution in [0.5, 0.6) is 0 Å². The van der Waals surface area contributed by atoms with E-state index in [0.29, 0.717) is 5.41 Å². The van der Waals surface area contributed by atoms with Gasteiger partial charge in [-0.1, -0.05) is 19.3 Å². The summed E-state index contributed by atoms with van der Waals surface area (Å²) >= 11 is 0. The van der Waals surface area contributed by atoms with Crippen LogP contribution < -0.4 is 10.2 Å². The molecular formula is C18H27FN2. The zero-order valence-electron chi connectivity index (χ0n) is 13.1. The molecule has 2 fully saturated rings. The third-order valence-corrected chi connectivity index (χ3v) is 5.10. The van der Waals surface area contributed by atoms with Crippen molar-refractivity contribution >= 4 is 5.69 Å². The molecule has 116 valence electrons. The minimum atomic E-state index is -0.157. The molecule has 0 unspecified atom stereocenters. The van der Waals surface area contributed by atoms with Gasteiger partial charge >= 0.3 is 0 Å². The van der Waals surface area contributed by atoms with E-state index < -0.39 is 0 Å². The molecule has 1 aromatic rings. The fourth-order valence-electron chi connectivity index (χ4n) is 3.63. The van der Waals surface area contributed by atoms with Gasteiger partial charge in [-0.3, -0.25) is 0 Å². The van der Waals surface area contributed by atoms with Crippen molar-refractivity contribution in [3.05, 3.63) is 30.1 Å². The summed E-state index contributed by atoms with van der Waals surface area (Å²) < 4.78 is 13.1. The maximum Gasteiger partial charge on any atom is 0.123 e. The van der Waals surface area contributed by atoms with Crippen molar-refractivity contribution in [1.82, 2.24) is 5.32 Å². The number of rotatable bonds is 6. The molecule has 0 heterocycles. The zero-order valence-corrected chi connectivity index (χ0v) is 13.1. The first-order chi connectivity index (χ1) is 10.2. The molecule has 0 spiro atoms. The molecule has 0 bridgehead atoms. The Hall–Kier alpha value is -1.09. The van der Waals surface area contributed by atoms with Crippen molar-refractivity contribution in [3.8, 4) is 0 Å². The van der Waals surface area contributed by atoms with Crippen molar-refractivity contribution in [2.45, 2.75) is 51.0 Å². The maximum atomic E-state index is 13.1. The number of halogens is 1. The van der Waals surface area contributed by atoms with Crippen molar-refractivity contribution in [2.75, 3.05) is 25.0 Å². The highest BCUT2D eigenvalue weighted by Crippen LogP contribution is 2.38. The third-order valence-electron chi connectivity index (χ3n) is 5.10. The van der Waals surface area contributed by atoms with E-state index in [1.165, 1.54) is 44.9 Å². The van der Waals surface area contributed by atoms with E-state index in [1.54, 1.807) is 12.1 Å². The van der Waals surface area contributed by atoms with Crippen LogP contribution in [0.3, 0.4) is 0 Å². The molecule has 3 rings (SSSR count). The van der Waals surface area contributed by atoms with E-state index in [2.05, 4.69) is 17.3 Å². The lowest BCUT2D eigenvalue weighted by Gasteiger charge is -2.41. The van der Waals surface area contributed by atoms with Crippen LogP contribution in [0.2, 0.25) is 0 Å². The van der Waals surface area contributed by atoms with E-state index in [1.807, 2.05) is 12.1 Å². The van der Waals surface area contributed by atoms with Gasteiger partial charge in [-0.2, -0.15) is 0 Å². The van der Waals surface area contributed by atoms with E-state index in [0.717, 1.165) is 24.8 Å². The minimum absolute atomic E-state index is 0.157. The normalized spacial score (nSPS) is 21.2. The number of hydrogen-bond acceptors (Lipinski definition) is 2. The van der Waals surface area contributed by atoms with Gasteiger partial charge in [0.2, 0.25) is 0 Å². The zero-order chi connectivity index (χ0) is 14.7. The van der Waals surface area contributed by atoms with Gasteiger partial charge in [-0.05, 0) is 49.9 Å². The fourth-order valence-corrected chi connectivity index (χ4v) is 3.63. The monoisotopic (exact) mass is 290 g/mol. The smallest absolute Gasteiger partial charge is 0.123 e. The highest BCUT2D eigenvalue weighted by atomic mass is 19.1. The Bertz CT molecular complexity index is 447. The average Bonchev–Trinajstić information content (AvgIpc) is 3.31. The first-order valence-electron chi connectivity index (χ1n) is 8.37. The Balaban J connectivity index is 1.65. The third kappa shape index (κ3) is 3.97. The van der Waals surface area contributed by atoms with Gasteiger partial charge < -0.3 is 10.2 Å². The molecule has 2 nitrogen and oxygen atoms in total. The summed E-state index contributed by atoms with van der Waals surface area (Å²) in [6.07, 6.45) is 9.42. The molecule has 1 aromatic carbocycles. The maximum absolute atomic E-state index is 13.1. The van der Waals surface area contributed by atoms with Crippen LogP contribution in [0.15, 0.2) is 24.3 Å². The van der Waals surface area contributed by atoms with E-state index in [9.17, 15) is 4.39 Å². The Kier molecular flexibility index (Phi) is 4.48. The Morgan fingerprint density at radius 1 is 1.14 bits per heavy atom. The molecule has 0 atom stereocenters. The molecular weight excluding hydrogens is 263 g/mol. The Morgan fingerprint density at radius 3 is 2.43 bits per heavy atom. The molecule has 1 N–H and O–H groups in total. The average molecular weight is 290 g/mol. The van der Waals surface area contributed by atoms with Crippen LogP contribution in [-0.4, -0.2) is 26.2 Å². The molecule has 0 saturated heterocycles. The van der Waals surface area contributed by atoms with Crippen LogP contribution in [0, 0.1) is 11.2 Å². The second-order valence-corrected chi connectivity index (χ2v) is 7.05. The number of nitrogens with one attached hydrogen (secondary N) is 1. The van der Waals surface area contributed by atoms with E-state index in [-0.39, 0.29) is 5.82 Å². The predicted octanol–water partition coefficient (Wildman–Crippen LogP) is 3.96. The fraction of sp³-hybridized carbons (Fsp3) is 0.667. The molecule has 0 aromatic heterocycles. The molecule has 2 saturated carbocycles. The van der Waals surface area contributed by atoms with Gasteiger partial charge in [-0.25, -0.2) is 4.39 Å². The molecule has 2 aliphatic rings. The van der Waals surface area contributed by atoms with Crippen molar-refractivity contribution in [2.24, 2.45) is 5.41 Å². The summed E-state index contributed by atoms with van der Waals surface area (Å²) in [5, 5.41) is 3.75. The van der Waals surface area contributed by atoms with Gasteiger partial charge in [0.25, 0.3) is 0 Å². The minimum Gasteiger partial charge on any atom is -0.374 e. The van der Waals surface area contributed by atoms with Crippen LogP contribution in [-0.2, 0) is 0 Å². The molecule has 0 amide bonds. The second-order valence-electron chi connectivity index (χ2n) is 7.05. The van der Waals surface area contributed by atoms with Crippen molar-refractivity contribution in [3.63, 3.8) is 0 Å². The largest absolute Gasteiger partial charge is 0.374 e. The predicted molar refractivity (Wildman–Crippen MR) is 86.2 cm³/mol. The number of benzene rings is 1. The summed E-state index contributed by atoms with van der Waals surface area (Å²) in [6, 6.07) is 7.67. The first kappa shape index (κ1) is 14.8. The number of hydrogen-bond donors (Lipinski definition) is 1. The molecule has 21 heavy (non-hydrogen) atoms. The second kappa shape index (κ2) is 6.35. The van der Waals surface area contributed by atoms with Gasteiger partial charge in [0.15, 0.2) is 0 Å². The van der Waals surface area contributed by atoms with Gasteiger partial charge in [0, 0.05) is 37.3 Å². The van der Waals surface area contributed by atoms with Crippen molar-refractivity contribution < 1.29 is 4.39 Å². The molecule has 3 heteroatoms. The number of nitrogens with zero attached hydrogens (tertiary/aromatic N) is 1. The standard InChI is InChI=1S/C18H27FN2/c1-21(17-9-5-15(19)6-10-17)14-18(11-3-2-4-12-18)13-20-16-7-8-16/h5-6,9-10,16,20H,2-4,7-8,11-14H2,1H3.